The molecule has 4 N–H and O–H groups in total. The molecule has 1 aromatic carbocycles. The fraction of sp³-hybridized carbons (Fsp3) is 0.375. The maximum Gasteiger partial charge on any atom is 0.274 e. The number of phenolic OH excluding ortho intramolecular Hbond substituents is 1. The van der Waals surface area contributed by atoms with Crippen molar-refractivity contribution < 1.29 is 19.8 Å². The number of aromatic hydroxyl groups is 1. The molecule has 0 saturated heterocycles. The minimum absolute atomic E-state index is 0.0154. The lowest BCUT2D eigenvalue weighted by atomic mass is 10.1. The maximum absolute atomic E-state index is 12.2. The molecular weight excluding hydrogens is 326 g/mol. The molecule has 2 aromatic rings. The monoisotopic (exact) mass is 345 g/mol. The predicted molar refractivity (Wildman–Crippen MR) is 87.4 cm³/mol. The zero-order valence-corrected chi connectivity index (χ0v) is 13.7. The predicted octanol–water partition coefficient (Wildman–Crippen LogP) is 0.107. The average Bonchev–Trinajstić information content (AvgIpc) is 3.30. The van der Waals surface area contributed by atoms with Crippen molar-refractivity contribution in [1.82, 2.24) is 25.6 Å². The Labute approximate surface area is 143 Å². The molecule has 0 aliphatic heterocycles. The molecule has 1 aliphatic carbocycles. The first-order chi connectivity index (χ1) is 12.0. The molecular formula is C16H19N5O4. The van der Waals surface area contributed by atoms with Gasteiger partial charge in [-0.1, -0.05) is 5.21 Å². The van der Waals surface area contributed by atoms with Gasteiger partial charge in [-0.15, -0.1) is 5.10 Å². The lowest BCUT2D eigenvalue weighted by Crippen LogP contribution is -2.27. The van der Waals surface area contributed by atoms with Crippen LogP contribution in [-0.2, 0) is 6.61 Å². The molecule has 2 amide bonds. The number of carbonyl (C=O) groups is 2. The van der Waals surface area contributed by atoms with E-state index in [1.807, 2.05) is 0 Å². The molecule has 1 heterocycles. The number of aliphatic hydroxyl groups is 1. The number of phenols is 1. The first kappa shape index (κ1) is 16.9. The summed E-state index contributed by atoms with van der Waals surface area (Å²) in [6.45, 7) is 1.79. The molecule has 1 fully saturated rings. The number of carbonyl (C=O) groups excluding carboxylic acids is 2. The van der Waals surface area contributed by atoms with E-state index in [0.717, 1.165) is 12.8 Å². The van der Waals surface area contributed by atoms with Crippen LogP contribution in [0.4, 0.5) is 0 Å². The molecule has 0 bridgehead atoms. The molecule has 0 atom stereocenters. The number of nitrogens with one attached hydrogen (secondary N) is 2. The van der Waals surface area contributed by atoms with Crippen molar-refractivity contribution in [2.24, 2.45) is 0 Å². The first-order valence-electron chi connectivity index (χ1n) is 8.03. The van der Waals surface area contributed by atoms with Crippen LogP contribution >= 0.6 is 0 Å². The van der Waals surface area contributed by atoms with Crippen LogP contribution in [0.3, 0.4) is 0 Å². The molecule has 132 valence electrons. The van der Waals surface area contributed by atoms with Gasteiger partial charge in [0.05, 0.1) is 6.61 Å². The molecule has 0 unspecified atom stereocenters. The standard InChI is InChI=1S/C16H19N5O4/c1-2-17-15(24)9-3-6-11(13(23)7-9)21-12(8-22)14(19-20-21)16(25)18-10-4-5-10/h3,6-7,10,22-23H,2,4-5,8H2,1H3,(H,17,24)(H,18,25). The summed E-state index contributed by atoms with van der Waals surface area (Å²) in [5.41, 5.74) is 0.691. The third-order valence-electron chi connectivity index (χ3n) is 3.84. The fourth-order valence-electron chi connectivity index (χ4n) is 2.40. The van der Waals surface area contributed by atoms with Crippen LogP contribution in [0.2, 0.25) is 0 Å². The minimum Gasteiger partial charge on any atom is -0.506 e. The maximum atomic E-state index is 12.2. The SMILES string of the molecule is CCNC(=O)c1ccc(-n2nnc(C(=O)NC3CC3)c2CO)c(O)c1. The van der Waals surface area contributed by atoms with Gasteiger partial charge >= 0.3 is 0 Å². The van der Waals surface area contributed by atoms with Crippen molar-refractivity contribution >= 4 is 11.8 Å². The van der Waals surface area contributed by atoms with E-state index in [4.69, 9.17) is 0 Å². The number of hydrogen-bond donors (Lipinski definition) is 4. The van der Waals surface area contributed by atoms with Gasteiger partial charge in [-0.25, -0.2) is 4.68 Å². The van der Waals surface area contributed by atoms with E-state index in [-0.39, 0.29) is 34.8 Å². The number of benzene rings is 1. The number of aromatic nitrogens is 3. The Bertz CT molecular complexity index is 813. The van der Waals surface area contributed by atoms with Crippen molar-refractivity contribution in [3.8, 4) is 11.4 Å². The molecule has 9 heteroatoms. The van der Waals surface area contributed by atoms with Crippen LogP contribution in [0, 0.1) is 0 Å². The number of nitrogens with zero attached hydrogens (tertiary/aromatic N) is 3. The highest BCUT2D eigenvalue weighted by Gasteiger charge is 2.28. The summed E-state index contributed by atoms with van der Waals surface area (Å²) in [7, 11) is 0. The minimum atomic E-state index is -0.474. The summed E-state index contributed by atoms with van der Waals surface area (Å²) in [4.78, 5) is 24.0. The normalized spacial score (nSPS) is 13.5. The molecule has 3 rings (SSSR count). The average molecular weight is 345 g/mol. The molecule has 9 nitrogen and oxygen atoms in total. The van der Waals surface area contributed by atoms with Gasteiger partial charge in [0.2, 0.25) is 0 Å². The lowest BCUT2D eigenvalue weighted by Gasteiger charge is -2.09. The van der Waals surface area contributed by atoms with Crippen LogP contribution in [0.25, 0.3) is 5.69 Å². The highest BCUT2D eigenvalue weighted by Crippen LogP contribution is 2.25. The Morgan fingerprint density at radius 3 is 2.68 bits per heavy atom. The van der Waals surface area contributed by atoms with Crippen molar-refractivity contribution in [1.29, 1.82) is 0 Å². The number of aliphatic hydroxyl groups excluding tert-OH is 1. The third-order valence-corrected chi connectivity index (χ3v) is 3.84. The van der Waals surface area contributed by atoms with E-state index in [0.29, 0.717) is 12.1 Å². The van der Waals surface area contributed by atoms with Crippen LogP contribution in [0.1, 0.15) is 46.3 Å². The van der Waals surface area contributed by atoms with Crippen molar-refractivity contribution in [2.75, 3.05) is 6.54 Å². The summed E-state index contributed by atoms with van der Waals surface area (Å²) in [6.07, 6.45) is 1.85. The Morgan fingerprint density at radius 2 is 2.08 bits per heavy atom. The van der Waals surface area contributed by atoms with E-state index in [1.165, 1.54) is 22.9 Å². The molecule has 1 aromatic heterocycles. The molecule has 25 heavy (non-hydrogen) atoms. The van der Waals surface area contributed by atoms with Gasteiger partial charge in [-0.2, -0.15) is 0 Å². The number of rotatable bonds is 6. The van der Waals surface area contributed by atoms with Crippen LogP contribution in [0.15, 0.2) is 18.2 Å². The Kier molecular flexibility index (Phi) is 4.66. The van der Waals surface area contributed by atoms with Gasteiger partial charge < -0.3 is 20.8 Å². The Balaban J connectivity index is 1.92. The van der Waals surface area contributed by atoms with Crippen LogP contribution < -0.4 is 10.6 Å². The Morgan fingerprint density at radius 1 is 1.32 bits per heavy atom. The zero-order valence-electron chi connectivity index (χ0n) is 13.7. The molecule has 1 aliphatic rings. The van der Waals surface area contributed by atoms with Gasteiger partial charge in [0.25, 0.3) is 11.8 Å². The summed E-state index contributed by atoms with van der Waals surface area (Å²) < 4.78 is 1.19. The summed E-state index contributed by atoms with van der Waals surface area (Å²) in [6, 6.07) is 4.45. The smallest absolute Gasteiger partial charge is 0.274 e. The number of amides is 2. The van der Waals surface area contributed by atoms with Crippen molar-refractivity contribution in [3.63, 3.8) is 0 Å². The first-order valence-corrected chi connectivity index (χ1v) is 8.03. The second-order valence-electron chi connectivity index (χ2n) is 5.77. The van der Waals surface area contributed by atoms with Crippen molar-refractivity contribution in [2.45, 2.75) is 32.4 Å². The quantitative estimate of drug-likeness (QED) is 0.588. The molecule has 0 spiro atoms. The van der Waals surface area contributed by atoms with Gasteiger partial charge in [0, 0.05) is 18.2 Å². The van der Waals surface area contributed by atoms with E-state index < -0.39 is 12.5 Å². The third kappa shape index (κ3) is 3.45. The largest absolute Gasteiger partial charge is 0.506 e. The molecule has 1 saturated carbocycles. The van der Waals surface area contributed by atoms with Crippen LogP contribution in [-0.4, -0.2) is 49.6 Å². The highest BCUT2D eigenvalue weighted by molar-refractivity contribution is 5.95. The Hall–Kier alpha value is -2.94. The summed E-state index contributed by atoms with van der Waals surface area (Å²) >= 11 is 0. The van der Waals surface area contributed by atoms with Crippen molar-refractivity contribution in [3.05, 3.63) is 35.2 Å². The van der Waals surface area contributed by atoms with Gasteiger partial charge in [0.15, 0.2) is 5.69 Å². The highest BCUT2D eigenvalue weighted by atomic mass is 16.3. The topological polar surface area (TPSA) is 129 Å². The van der Waals surface area contributed by atoms with E-state index in [1.54, 1.807) is 6.92 Å². The summed E-state index contributed by atoms with van der Waals surface area (Å²) in [5.74, 6) is -0.927. The van der Waals surface area contributed by atoms with E-state index >= 15 is 0 Å². The fourth-order valence-corrected chi connectivity index (χ4v) is 2.40. The lowest BCUT2D eigenvalue weighted by molar-refractivity contribution is 0.0939. The van der Waals surface area contributed by atoms with Gasteiger partial charge in [-0.3, -0.25) is 9.59 Å². The zero-order chi connectivity index (χ0) is 18.0. The number of hydrogen-bond acceptors (Lipinski definition) is 6. The van der Waals surface area contributed by atoms with E-state index in [2.05, 4.69) is 20.9 Å². The van der Waals surface area contributed by atoms with Crippen LogP contribution in [0.5, 0.6) is 5.75 Å². The van der Waals surface area contributed by atoms with Gasteiger partial charge in [-0.05, 0) is 38.0 Å². The molecule has 0 radical (unpaired) electrons. The summed E-state index contributed by atoms with van der Waals surface area (Å²) in [5, 5.41) is 33.0. The van der Waals surface area contributed by atoms with E-state index in [9.17, 15) is 19.8 Å². The second kappa shape index (κ2) is 6.89. The van der Waals surface area contributed by atoms with Gasteiger partial charge in [0.1, 0.15) is 17.1 Å². The second-order valence-corrected chi connectivity index (χ2v) is 5.77.